The van der Waals surface area contributed by atoms with Crippen molar-refractivity contribution in [2.75, 3.05) is 0 Å². The van der Waals surface area contributed by atoms with Gasteiger partial charge < -0.3 is 20.4 Å². The van der Waals surface area contributed by atoms with E-state index in [2.05, 4.69) is 0 Å². The Morgan fingerprint density at radius 2 is 0.933 bits per heavy atom. The number of benzene rings is 2. The second-order valence-corrected chi connectivity index (χ2v) is 7.45. The Bertz CT molecular complexity index is 737. The molecule has 0 bridgehead atoms. The molecular weight excluding hydrogens is 384 g/mol. The van der Waals surface area contributed by atoms with E-state index in [0.29, 0.717) is 12.8 Å². The Hall–Kier alpha value is -2.38. The summed E-state index contributed by atoms with van der Waals surface area (Å²) in [4.78, 5) is 25.0. The van der Waals surface area contributed by atoms with Crippen LogP contribution in [0.25, 0.3) is 0 Å². The van der Waals surface area contributed by atoms with Gasteiger partial charge in [-0.05, 0) is 24.0 Å². The van der Waals surface area contributed by atoms with Crippen molar-refractivity contribution in [3.05, 3.63) is 71.8 Å². The zero-order valence-corrected chi connectivity index (χ0v) is 17.3. The van der Waals surface area contributed by atoms with Gasteiger partial charge in [-0.1, -0.05) is 74.5 Å². The minimum Gasteiger partial charge on any atom is -0.389 e. The van der Waals surface area contributed by atoms with Gasteiger partial charge in [-0.25, -0.2) is 0 Å². The van der Waals surface area contributed by atoms with Crippen molar-refractivity contribution in [2.24, 2.45) is 0 Å². The second-order valence-electron chi connectivity index (χ2n) is 7.45. The molecule has 6 nitrogen and oxygen atoms in total. The summed E-state index contributed by atoms with van der Waals surface area (Å²) in [7, 11) is 0. The van der Waals surface area contributed by atoms with E-state index in [0.717, 1.165) is 11.1 Å². The Kier molecular flexibility index (Phi) is 8.87. The highest BCUT2D eigenvalue weighted by Crippen LogP contribution is 2.28. The van der Waals surface area contributed by atoms with Crippen molar-refractivity contribution in [1.82, 2.24) is 0 Å². The number of Topliss-reactive ketones (excluding diaryl/α,β-unsaturated/α-hetero) is 2. The van der Waals surface area contributed by atoms with Crippen LogP contribution in [-0.2, 0) is 9.59 Å². The van der Waals surface area contributed by atoms with Gasteiger partial charge in [0, 0.05) is 11.8 Å². The molecular formula is C24H30O6. The summed E-state index contributed by atoms with van der Waals surface area (Å²) in [5, 5.41) is 41.8. The predicted octanol–water partition coefficient (Wildman–Crippen LogP) is 1.96. The van der Waals surface area contributed by atoms with Gasteiger partial charge in [0.05, 0.1) is 12.2 Å². The number of aliphatic hydroxyl groups excluding tert-OH is 4. The van der Waals surface area contributed by atoms with Crippen LogP contribution in [0.15, 0.2) is 60.7 Å². The molecule has 0 saturated carbocycles. The summed E-state index contributed by atoms with van der Waals surface area (Å²) in [6, 6.07) is 17.8. The van der Waals surface area contributed by atoms with E-state index in [1.807, 2.05) is 12.1 Å². The summed E-state index contributed by atoms with van der Waals surface area (Å²) in [6.07, 6.45) is -6.17. The molecule has 0 saturated heterocycles. The predicted molar refractivity (Wildman–Crippen MR) is 113 cm³/mol. The number of aliphatic hydroxyl groups is 4. The number of hydrogen-bond acceptors (Lipinski definition) is 6. The average Bonchev–Trinajstić information content (AvgIpc) is 2.79. The molecule has 0 aliphatic rings. The molecule has 6 atom stereocenters. The van der Waals surface area contributed by atoms with Crippen molar-refractivity contribution < 1.29 is 30.0 Å². The summed E-state index contributed by atoms with van der Waals surface area (Å²) in [5.74, 6) is -3.75. The average molecular weight is 414 g/mol. The third-order valence-electron chi connectivity index (χ3n) is 5.59. The van der Waals surface area contributed by atoms with Gasteiger partial charge in [0.25, 0.3) is 0 Å². The first-order valence-corrected chi connectivity index (χ1v) is 10.2. The SMILES string of the molecule is CCC(c1ccccc1)C(O)[C@H](O)C(=O)C(=O)[C@H](O)C(O)C(CC)c1ccccc1. The van der Waals surface area contributed by atoms with Gasteiger partial charge in [-0.2, -0.15) is 0 Å². The molecule has 6 heteroatoms. The van der Waals surface area contributed by atoms with Crippen molar-refractivity contribution in [2.45, 2.75) is 62.9 Å². The van der Waals surface area contributed by atoms with E-state index in [1.54, 1.807) is 62.4 Å². The van der Waals surface area contributed by atoms with Gasteiger partial charge in [0.1, 0.15) is 12.2 Å². The van der Waals surface area contributed by atoms with Crippen LogP contribution < -0.4 is 0 Å². The molecule has 0 radical (unpaired) electrons. The highest BCUT2D eigenvalue weighted by molar-refractivity contribution is 6.40. The fourth-order valence-electron chi connectivity index (χ4n) is 3.79. The van der Waals surface area contributed by atoms with E-state index in [-0.39, 0.29) is 0 Å². The van der Waals surface area contributed by atoms with Crippen LogP contribution in [0.4, 0.5) is 0 Å². The topological polar surface area (TPSA) is 115 Å². The number of carbonyl (C=O) groups excluding carboxylic acids is 2. The Balaban J connectivity index is 2.13. The molecule has 0 fully saturated rings. The van der Waals surface area contributed by atoms with E-state index in [9.17, 15) is 30.0 Å². The molecule has 4 N–H and O–H groups in total. The maximum Gasteiger partial charge on any atom is 0.232 e. The molecule has 0 amide bonds. The number of ketones is 2. The minimum absolute atomic E-state index is 0.431. The first-order valence-electron chi connectivity index (χ1n) is 10.2. The lowest BCUT2D eigenvalue weighted by Crippen LogP contribution is -2.48. The summed E-state index contributed by atoms with van der Waals surface area (Å²) in [5.41, 5.74) is 1.45. The third-order valence-corrected chi connectivity index (χ3v) is 5.59. The fraction of sp³-hybridized carbons (Fsp3) is 0.417. The first kappa shape index (κ1) is 23.9. The molecule has 2 aromatic rings. The number of hydrogen-bond donors (Lipinski definition) is 4. The van der Waals surface area contributed by atoms with Gasteiger partial charge in [-0.15, -0.1) is 0 Å². The van der Waals surface area contributed by atoms with Crippen LogP contribution >= 0.6 is 0 Å². The Morgan fingerprint density at radius 3 is 1.20 bits per heavy atom. The third kappa shape index (κ3) is 5.40. The number of carbonyl (C=O) groups is 2. The van der Waals surface area contributed by atoms with Gasteiger partial charge in [0.2, 0.25) is 11.6 Å². The molecule has 0 heterocycles. The van der Waals surface area contributed by atoms with Crippen molar-refractivity contribution in [3.63, 3.8) is 0 Å². The van der Waals surface area contributed by atoms with E-state index in [1.165, 1.54) is 0 Å². The minimum atomic E-state index is -2.00. The molecule has 0 aliphatic heterocycles. The van der Waals surface area contributed by atoms with Gasteiger partial charge in [0.15, 0.2) is 0 Å². The van der Waals surface area contributed by atoms with E-state index < -0.39 is 47.8 Å². The van der Waals surface area contributed by atoms with Crippen molar-refractivity contribution in [3.8, 4) is 0 Å². The monoisotopic (exact) mass is 414 g/mol. The van der Waals surface area contributed by atoms with E-state index in [4.69, 9.17) is 0 Å². The number of rotatable bonds is 11. The lowest BCUT2D eigenvalue weighted by molar-refractivity contribution is -0.153. The molecule has 2 aromatic carbocycles. The summed E-state index contributed by atoms with van der Waals surface area (Å²) >= 11 is 0. The van der Waals surface area contributed by atoms with Crippen LogP contribution in [-0.4, -0.2) is 56.4 Å². The summed E-state index contributed by atoms with van der Waals surface area (Å²) in [6.45, 7) is 3.59. The standard InChI is InChI=1S/C24H30O6/c1-3-17(15-11-7-5-8-12-15)19(25)21(27)23(29)24(30)22(28)20(26)18(4-2)16-13-9-6-10-14-16/h5-14,17-22,25-28H,3-4H2,1-2H3/t17?,18?,19?,20?,21-,22+. The fourth-order valence-corrected chi connectivity index (χ4v) is 3.79. The van der Waals surface area contributed by atoms with Crippen LogP contribution in [0.1, 0.15) is 49.7 Å². The first-order chi connectivity index (χ1) is 14.3. The van der Waals surface area contributed by atoms with Crippen LogP contribution in [0.3, 0.4) is 0 Å². The maximum atomic E-state index is 12.5. The lowest BCUT2D eigenvalue weighted by Gasteiger charge is -2.28. The van der Waals surface area contributed by atoms with Crippen LogP contribution in [0.5, 0.6) is 0 Å². The second kappa shape index (κ2) is 11.1. The van der Waals surface area contributed by atoms with E-state index >= 15 is 0 Å². The zero-order chi connectivity index (χ0) is 22.3. The molecule has 2 rings (SSSR count). The smallest absolute Gasteiger partial charge is 0.232 e. The molecule has 162 valence electrons. The Morgan fingerprint density at radius 1 is 0.633 bits per heavy atom. The molecule has 0 spiro atoms. The molecule has 30 heavy (non-hydrogen) atoms. The lowest BCUT2D eigenvalue weighted by atomic mass is 9.83. The highest BCUT2D eigenvalue weighted by atomic mass is 16.3. The molecule has 4 unspecified atom stereocenters. The van der Waals surface area contributed by atoms with Gasteiger partial charge in [-0.3, -0.25) is 9.59 Å². The van der Waals surface area contributed by atoms with Gasteiger partial charge >= 0.3 is 0 Å². The normalized spacial score (nSPS) is 17.4. The molecule has 0 aromatic heterocycles. The quantitative estimate of drug-likeness (QED) is 0.418. The largest absolute Gasteiger partial charge is 0.389 e. The molecule has 0 aliphatic carbocycles. The van der Waals surface area contributed by atoms with Crippen molar-refractivity contribution in [1.29, 1.82) is 0 Å². The van der Waals surface area contributed by atoms with Crippen LogP contribution in [0, 0.1) is 0 Å². The van der Waals surface area contributed by atoms with Crippen LogP contribution in [0.2, 0.25) is 0 Å². The maximum absolute atomic E-state index is 12.5. The Labute approximate surface area is 176 Å². The zero-order valence-electron chi connectivity index (χ0n) is 17.3. The summed E-state index contributed by atoms with van der Waals surface area (Å²) < 4.78 is 0. The highest BCUT2D eigenvalue weighted by Gasteiger charge is 2.40. The van der Waals surface area contributed by atoms with Crippen molar-refractivity contribution >= 4 is 11.6 Å².